The molecule has 11 heavy (non-hydrogen) atoms. The minimum absolute atomic E-state index is 0.447. The van der Waals surface area contributed by atoms with Gasteiger partial charge in [-0.1, -0.05) is 32.1 Å². The molecule has 0 fully saturated rings. The van der Waals surface area contributed by atoms with Gasteiger partial charge in [0, 0.05) is 0 Å². The molecule has 0 aromatic carbocycles. The van der Waals surface area contributed by atoms with Crippen LogP contribution >= 0.6 is 0 Å². The standard InChI is InChI=1S/C10H15F/c1-4-6-10(9(2)3)7-5-8-11/h4-9H,1-3H3/b6-4-,8-5+,10-7+. The summed E-state index contributed by atoms with van der Waals surface area (Å²) in [4.78, 5) is 0. The number of hydrogen-bond acceptors (Lipinski definition) is 0. The zero-order chi connectivity index (χ0) is 8.69. The topological polar surface area (TPSA) is 0 Å². The lowest BCUT2D eigenvalue weighted by atomic mass is 10.0. The molecule has 0 radical (unpaired) electrons. The van der Waals surface area contributed by atoms with Gasteiger partial charge in [0.05, 0.1) is 6.33 Å². The highest BCUT2D eigenvalue weighted by Crippen LogP contribution is 2.10. The average molecular weight is 154 g/mol. The fraction of sp³-hybridized carbons (Fsp3) is 0.400. The van der Waals surface area contributed by atoms with Gasteiger partial charge < -0.3 is 0 Å². The van der Waals surface area contributed by atoms with E-state index in [1.165, 1.54) is 6.08 Å². The van der Waals surface area contributed by atoms with Crippen LogP contribution in [-0.2, 0) is 0 Å². The zero-order valence-corrected chi connectivity index (χ0v) is 7.34. The van der Waals surface area contributed by atoms with Crippen molar-refractivity contribution >= 4 is 0 Å². The number of rotatable bonds is 3. The zero-order valence-electron chi connectivity index (χ0n) is 7.34. The van der Waals surface area contributed by atoms with E-state index in [4.69, 9.17) is 0 Å². The second kappa shape index (κ2) is 5.90. The Kier molecular flexibility index (Phi) is 5.44. The van der Waals surface area contributed by atoms with Crippen LogP contribution < -0.4 is 0 Å². The van der Waals surface area contributed by atoms with Crippen LogP contribution in [0.25, 0.3) is 0 Å². The van der Waals surface area contributed by atoms with Crippen molar-refractivity contribution in [3.8, 4) is 0 Å². The van der Waals surface area contributed by atoms with E-state index >= 15 is 0 Å². The lowest BCUT2D eigenvalue weighted by Crippen LogP contribution is -1.88. The van der Waals surface area contributed by atoms with Crippen LogP contribution in [0.3, 0.4) is 0 Å². The minimum atomic E-state index is 0.447. The van der Waals surface area contributed by atoms with Crippen LogP contribution in [0, 0.1) is 5.92 Å². The van der Waals surface area contributed by atoms with Gasteiger partial charge in [-0.15, -0.1) is 0 Å². The van der Waals surface area contributed by atoms with Crippen LogP contribution in [0.1, 0.15) is 20.8 Å². The van der Waals surface area contributed by atoms with Crippen LogP contribution in [-0.4, -0.2) is 0 Å². The molecule has 1 heteroatoms. The molecule has 0 bridgehead atoms. The van der Waals surface area contributed by atoms with E-state index < -0.39 is 0 Å². The highest BCUT2D eigenvalue weighted by molar-refractivity contribution is 5.24. The van der Waals surface area contributed by atoms with E-state index in [1.54, 1.807) is 6.08 Å². The second-order valence-electron chi connectivity index (χ2n) is 2.64. The van der Waals surface area contributed by atoms with Gasteiger partial charge in [0.15, 0.2) is 0 Å². The molecule has 0 aliphatic rings. The Bertz CT molecular complexity index is 173. The lowest BCUT2D eigenvalue weighted by molar-refractivity contribution is 0.720. The Morgan fingerprint density at radius 1 is 1.36 bits per heavy atom. The van der Waals surface area contributed by atoms with Crippen molar-refractivity contribution in [3.63, 3.8) is 0 Å². The summed E-state index contributed by atoms with van der Waals surface area (Å²) < 4.78 is 11.6. The molecule has 0 rings (SSSR count). The molecule has 0 amide bonds. The van der Waals surface area contributed by atoms with Crippen molar-refractivity contribution in [3.05, 3.63) is 36.2 Å². The van der Waals surface area contributed by atoms with E-state index in [0.717, 1.165) is 5.57 Å². The van der Waals surface area contributed by atoms with Gasteiger partial charge in [-0.3, -0.25) is 0 Å². The van der Waals surface area contributed by atoms with Gasteiger partial charge in [0.1, 0.15) is 0 Å². The number of hydrogen-bond donors (Lipinski definition) is 0. The molecule has 0 spiro atoms. The Balaban J connectivity index is 4.32. The normalized spacial score (nSPS) is 14.1. The molecule has 0 nitrogen and oxygen atoms in total. The number of halogens is 1. The van der Waals surface area contributed by atoms with Crippen molar-refractivity contribution in [2.75, 3.05) is 0 Å². The van der Waals surface area contributed by atoms with Crippen molar-refractivity contribution in [2.24, 2.45) is 5.92 Å². The van der Waals surface area contributed by atoms with Gasteiger partial charge in [0.25, 0.3) is 0 Å². The van der Waals surface area contributed by atoms with E-state index in [9.17, 15) is 4.39 Å². The molecule has 0 saturated heterocycles. The molecule has 0 N–H and O–H groups in total. The van der Waals surface area contributed by atoms with E-state index in [0.29, 0.717) is 12.2 Å². The Morgan fingerprint density at radius 2 is 2.00 bits per heavy atom. The van der Waals surface area contributed by atoms with E-state index in [-0.39, 0.29) is 0 Å². The molecule has 0 aliphatic heterocycles. The maximum Gasteiger partial charge on any atom is 0.0867 e. The van der Waals surface area contributed by atoms with Gasteiger partial charge in [-0.25, -0.2) is 4.39 Å². The highest BCUT2D eigenvalue weighted by atomic mass is 19.1. The monoisotopic (exact) mass is 154 g/mol. The SMILES string of the molecule is C\C=C/C(=C\C=C\F)C(C)C. The third-order valence-corrected chi connectivity index (χ3v) is 1.39. The molecular formula is C10H15F. The fourth-order valence-electron chi connectivity index (χ4n) is 0.780. The maximum absolute atomic E-state index is 11.6. The summed E-state index contributed by atoms with van der Waals surface area (Å²) in [5, 5.41) is 0. The van der Waals surface area contributed by atoms with Crippen molar-refractivity contribution < 1.29 is 4.39 Å². The third kappa shape index (κ3) is 4.54. The Labute approximate surface area is 68.1 Å². The van der Waals surface area contributed by atoms with Crippen LogP contribution in [0.4, 0.5) is 4.39 Å². The summed E-state index contributed by atoms with van der Waals surface area (Å²) in [7, 11) is 0. The summed E-state index contributed by atoms with van der Waals surface area (Å²) in [6, 6.07) is 0. The van der Waals surface area contributed by atoms with Gasteiger partial charge >= 0.3 is 0 Å². The largest absolute Gasteiger partial charge is 0.216 e. The molecule has 0 aromatic heterocycles. The van der Waals surface area contributed by atoms with Gasteiger partial charge in [-0.2, -0.15) is 0 Å². The predicted octanol–water partition coefficient (Wildman–Crippen LogP) is 3.63. The predicted molar refractivity (Wildman–Crippen MR) is 48.0 cm³/mol. The van der Waals surface area contributed by atoms with Gasteiger partial charge in [0.2, 0.25) is 0 Å². The van der Waals surface area contributed by atoms with Crippen molar-refractivity contribution in [1.29, 1.82) is 0 Å². The first kappa shape index (κ1) is 10.2. The average Bonchev–Trinajstić information content (AvgIpc) is 1.97. The minimum Gasteiger partial charge on any atom is -0.216 e. The van der Waals surface area contributed by atoms with Crippen LogP contribution in [0.2, 0.25) is 0 Å². The molecule has 0 saturated carbocycles. The second-order valence-corrected chi connectivity index (χ2v) is 2.64. The molecule has 0 aliphatic carbocycles. The van der Waals surface area contributed by atoms with Gasteiger partial charge in [-0.05, 0) is 24.5 Å². The third-order valence-electron chi connectivity index (χ3n) is 1.39. The maximum atomic E-state index is 11.6. The first-order chi connectivity index (χ1) is 5.22. The van der Waals surface area contributed by atoms with Crippen LogP contribution in [0.5, 0.6) is 0 Å². The first-order valence-corrected chi connectivity index (χ1v) is 3.82. The van der Waals surface area contributed by atoms with Crippen molar-refractivity contribution in [1.82, 2.24) is 0 Å². The summed E-state index contributed by atoms with van der Waals surface area (Å²) >= 11 is 0. The van der Waals surface area contributed by atoms with Crippen LogP contribution in [0.15, 0.2) is 36.2 Å². The molecule has 62 valence electrons. The molecule has 0 unspecified atom stereocenters. The number of allylic oxidation sites excluding steroid dienone is 5. The Hall–Kier alpha value is -0.850. The van der Waals surface area contributed by atoms with Crippen molar-refractivity contribution in [2.45, 2.75) is 20.8 Å². The molecule has 0 heterocycles. The smallest absolute Gasteiger partial charge is 0.0867 e. The fourth-order valence-corrected chi connectivity index (χ4v) is 0.780. The summed E-state index contributed by atoms with van der Waals surface area (Å²) in [5.41, 5.74) is 1.14. The molecular weight excluding hydrogens is 139 g/mol. The molecule has 0 atom stereocenters. The van der Waals surface area contributed by atoms with E-state index in [1.807, 2.05) is 19.1 Å². The summed E-state index contributed by atoms with van der Waals surface area (Å²) in [5.74, 6) is 0.447. The van der Waals surface area contributed by atoms with E-state index in [2.05, 4.69) is 13.8 Å². The Morgan fingerprint density at radius 3 is 2.36 bits per heavy atom. The summed E-state index contributed by atoms with van der Waals surface area (Å²) in [6.07, 6.45) is 7.69. The first-order valence-electron chi connectivity index (χ1n) is 3.82. The lowest BCUT2D eigenvalue weighted by Gasteiger charge is -2.03. The summed E-state index contributed by atoms with van der Waals surface area (Å²) in [6.45, 7) is 6.12. The quantitative estimate of drug-likeness (QED) is 0.544. The highest BCUT2D eigenvalue weighted by Gasteiger charge is 1.95. The molecule has 0 aromatic rings.